The molecule has 1 aromatic heterocycles. The third-order valence-electron chi connectivity index (χ3n) is 3.46. The van der Waals surface area contributed by atoms with Crippen molar-refractivity contribution in [2.75, 3.05) is 23.9 Å². The first-order chi connectivity index (χ1) is 10.4. The molecule has 0 aliphatic carbocycles. The standard InChI is InChI=1S/C14H20N4O4/c1-8(2)10-7-22-14(20)18(10)11-5-6-15-13(17-11)16-9(3)12(19)21-4/h5-6,8-10H,7H2,1-4H3,(H,15,16,17)/t9-,10+/m0/s1. The van der Waals surface area contributed by atoms with Crippen molar-refractivity contribution in [2.45, 2.75) is 32.9 Å². The van der Waals surface area contributed by atoms with Crippen LogP contribution in [0.2, 0.25) is 0 Å². The van der Waals surface area contributed by atoms with Crippen molar-refractivity contribution in [2.24, 2.45) is 5.92 Å². The number of cyclic esters (lactones) is 1. The van der Waals surface area contributed by atoms with E-state index in [1.165, 1.54) is 18.2 Å². The van der Waals surface area contributed by atoms with E-state index >= 15 is 0 Å². The number of carbonyl (C=O) groups is 2. The smallest absolute Gasteiger partial charge is 0.415 e. The first-order valence-corrected chi connectivity index (χ1v) is 7.07. The summed E-state index contributed by atoms with van der Waals surface area (Å²) in [7, 11) is 1.31. The van der Waals surface area contributed by atoms with Gasteiger partial charge in [-0.1, -0.05) is 13.8 Å². The topological polar surface area (TPSA) is 93.7 Å². The Morgan fingerprint density at radius 2 is 2.23 bits per heavy atom. The second-order valence-corrected chi connectivity index (χ2v) is 5.39. The van der Waals surface area contributed by atoms with Crippen LogP contribution in [0.25, 0.3) is 0 Å². The summed E-state index contributed by atoms with van der Waals surface area (Å²) in [5.41, 5.74) is 0. The molecule has 2 heterocycles. The number of methoxy groups -OCH3 is 1. The lowest BCUT2D eigenvalue weighted by atomic mass is 10.0. The zero-order chi connectivity index (χ0) is 16.3. The van der Waals surface area contributed by atoms with Crippen LogP contribution in [-0.2, 0) is 14.3 Å². The molecule has 0 radical (unpaired) electrons. The highest BCUT2D eigenvalue weighted by Gasteiger charge is 2.37. The number of anilines is 2. The van der Waals surface area contributed by atoms with Crippen molar-refractivity contribution in [1.29, 1.82) is 0 Å². The Kier molecular flexibility index (Phi) is 4.79. The summed E-state index contributed by atoms with van der Waals surface area (Å²) in [6.07, 6.45) is 1.10. The molecule has 120 valence electrons. The van der Waals surface area contributed by atoms with Crippen LogP contribution in [0, 0.1) is 5.92 Å². The van der Waals surface area contributed by atoms with Crippen LogP contribution in [0.4, 0.5) is 16.6 Å². The molecule has 1 N–H and O–H groups in total. The molecule has 0 aromatic carbocycles. The van der Waals surface area contributed by atoms with Crippen LogP contribution < -0.4 is 10.2 Å². The molecular weight excluding hydrogens is 288 g/mol. The normalized spacial score (nSPS) is 19.0. The molecule has 1 aliphatic heterocycles. The number of esters is 1. The SMILES string of the molecule is COC(=O)[C@H](C)Nc1nccc(N2C(=O)OC[C@@H]2C(C)C)n1. The van der Waals surface area contributed by atoms with Crippen LogP contribution in [0.3, 0.4) is 0 Å². The van der Waals surface area contributed by atoms with Crippen molar-refractivity contribution in [3.63, 3.8) is 0 Å². The lowest BCUT2D eigenvalue weighted by Gasteiger charge is -2.23. The first kappa shape index (κ1) is 16.0. The van der Waals surface area contributed by atoms with E-state index in [4.69, 9.17) is 4.74 Å². The van der Waals surface area contributed by atoms with Gasteiger partial charge in [-0.25, -0.2) is 14.6 Å². The van der Waals surface area contributed by atoms with Crippen LogP contribution in [-0.4, -0.2) is 47.8 Å². The third-order valence-corrected chi connectivity index (χ3v) is 3.46. The summed E-state index contributed by atoms with van der Waals surface area (Å²) in [6.45, 7) is 6.00. The molecule has 0 unspecified atom stereocenters. The second kappa shape index (κ2) is 6.59. The monoisotopic (exact) mass is 308 g/mol. The Morgan fingerprint density at radius 3 is 2.86 bits per heavy atom. The molecule has 0 bridgehead atoms. The molecular formula is C14H20N4O4. The van der Waals surface area contributed by atoms with Crippen LogP contribution >= 0.6 is 0 Å². The summed E-state index contributed by atoms with van der Waals surface area (Å²) < 4.78 is 9.74. The molecule has 0 spiro atoms. The van der Waals surface area contributed by atoms with Crippen molar-refractivity contribution in [3.8, 4) is 0 Å². The zero-order valence-corrected chi connectivity index (χ0v) is 13.1. The molecule has 2 rings (SSSR count). The fourth-order valence-electron chi connectivity index (χ4n) is 2.17. The third kappa shape index (κ3) is 3.26. The van der Waals surface area contributed by atoms with Gasteiger partial charge in [-0.2, -0.15) is 4.98 Å². The van der Waals surface area contributed by atoms with Gasteiger partial charge in [0, 0.05) is 6.20 Å². The molecule has 8 heteroatoms. The van der Waals surface area contributed by atoms with Gasteiger partial charge in [0.05, 0.1) is 13.2 Å². The molecule has 22 heavy (non-hydrogen) atoms. The van der Waals surface area contributed by atoms with E-state index in [-0.39, 0.29) is 17.9 Å². The Bertz CT molecular complexity index is 564. The van der Waals surface area contributed by atoms with Gasteiger partial charge in [-0.3, -0.25) is 4.90 Å². The fourth-order valence-corrected chi connectivity index (χ4v) is 2.17. The molecule has 8 nitrogen and oxygen atoms in total. The Hall–Kier alpha value is -2.38. The minimum Gasteiger partial charge on any atom is -0.467 e. The number of carbonyl (C=O) groups excluding carboxylic acids is 2. The highest BCUT2D eigenvalue weighted by molar-refractivity contribution is 5.89. The minimum absolute atomic E-state index is 0.0757. The van der Waals surface area contributed by atoms with Gasteiger partial charge < -0.3 is 14.8 Å². The summed E-state index contributed by atoms with van der Waals surface area (Å²) in [4.78, 5) is 33.2. The lowest BCUT2D eigenvalue weighted by Crippen LogP contribution is -2.38. The highest BCUT2D eigenvalue weighted by Crippen LogP contribution is 2.25. The predicted octanol–water partition coefficient (Wildman–Crippen LogP) is 1.43. The summed E-state index contributed by atoms with van der Waals surface area (Å²) in [5, 5.41) is 2.84. The molecule has 0 saturated carbocycles. The van der Waals surface area contributed by atoms with E-state index in [2.05, 4.69) is 20.0 Å². The van der Waals surface area contributed by atoms with Crippen LogP contribution in [0.5, 0.6) is 0 Å². The van der Waals surface area contributed by atoms with E-state index < -0.39 is 18.1 Å². The van der Waals surface area contributed by atoms with Crippen molar-refractivity contribution in [3.05, 3.63) is 12.3 Å². The maximum Gasteiger partial charge on any atom is 0.415 e. The number of hydrogen-bond donors (Lipinski definition) is 1. The van der Waals surface area contributed by atoms with Gasteiger partial charge in [-0.05, 0) is 18.9 Å². The van der Waals surface area contributed by atoms with E-state index in [1.54, 1.807) is 13.0 Å². The number of nitrogens with zero attached hydrogens (tertiary/aromatic N) is 3. The van der Waals surface area contributed by atoms with Gasteiger partial charge in [0.2, 0.25) is 5.95 Å². The maximum absolute atomic E-state index is 11.9. The van der Waals surface area contributed by atoms with Gasteiger partial charge >= 0.3 is 12.1 Å². The van der Waals surface area contributed by atoms with Gasteiger partial charge in [0.1, 0.15) is 18.5 Å². The summed E-state index contributed by atoms with van der Waals surface area (Å²) in [5.74, 6) is 0.495. The molecule has 2 atom stereocenters. The number of nitrogens with one attached hydrogen (secondary N) is 1. The molecule has 1 aliphatic rings. The average molecular weight is 308 g/mol. The van der Waals surface area contributed by atoms with Crippen LogP contribution in [0.1, 0.15) is 20.8 Å². The number of aromatic nitrogens is 2. The Labute approximate surface area is 128 Å². The quantitative estimate of drug-likeness (QED) is 0.822. The largest absolute Gasteiger partial charge is 0.467 e. The van der Waals surface area contributed by atoms with Crippen molar-refractivity contribution >= 4 is 23.8 Å². The van der Waals surface area contributed by atoms with E-state index in [9.17, 15) is 9.59 Å². The molecule has 1 amide bonds. The van der Waals surface area contributed by atoms with Crippen molar-refractivity contribution in [1.82, 2.24) is 9.97 Å². The van der Waals surface area contributed by atoms with Gasteiger partial charge in [0.15, 0.2) is 0 Å². The van der Waals surface area contributed by atoms with Gasteiger partial charge in [-0.15, -0.1) is 0 Å². The second-order valence-electron chi connectivity index (χ2n) is 5.39. The number of amides is 1. The number of hydrogen-bond acceptors (Lipinski definition) is 7. The lowest BCUT2D eigenvalue weighted by molar-refractivity contribution is -0.141. The summed E-state index contributed by atoms with van der Waals surface area (Å²) in [6, 6.07) is 0.968. The Balaban J connectivity index is 2.20. The number of rotatable bonds is 5. The molecule has 1 fully saturated rings. The zero-order valence-electron chi connectivity index (χ0n) is 13.1. The average Bonchev–Trinajstić information content (AvgIpc) is 2.88. The van der Waals surface area contributed by atoms with E-state index in [0.717, 1.165) is 0 Å². The number of ether oxygens (including phenoxy) is 2. The fraction of sp³-hybridized carbons (Fsp3) is 0.571. The predicted molar refractivity (Wildman–Crippen MR) is 79.6 cm³/mol. The van der Waals surface area contributed by atoms with Gasteiger partial charge in [0.25, 0.3) is 0 Å². The summed E-state index contributed by atoms with van der Waals surface area (Å²) >= 11 is 0. The van der Waals surface area contributed by atoms with E-state index in [0.29, 0.717) is 12.4 Å². The molecule has 1 aromatic rings. The highest BCUT2D eigenvalue weighted by atomic mass is 16.6. The van der Waals surface area contributed by atoms with E-state index in [1.807, 2.05) is 13.8 Å². The van der Waals surface area contributed by atoms with Crippen LogP contribution in [0.15, 0.2) is 12.3 Å². The molecule has 1 saturated heterocycles. The Morgan fingerprint density at radius 1 is 1.50 bits per heavy atom. The maximum atomic E-state index is 11.9. The first-order valence-electron chi connectivity index (χ1n) is 7.07. The minimum atomic E-state index is -0.591. The van der Waals surface area contributed by atoms with Crippen molar-refractivity contribution < 1.29 is 19.1 Å².